The molecule has 0 aromatic rings. The van der Waals surface area contributed by atoms with Gasteiger partial charge >= 0.3 is 6.03 Å². The van der Waals surface area contributed by atoms with Crippen molar-refractivity contribution in [3.05, 3.63) is 11.6 Å². The molecule has 0 spiro atoms. The molecule has 5 heteroatoms. The van der Waals surface area contributed by atoms with Gasteiger partial charge in [-0.15, -0.1) is 0 Å². The van der Waals surface area contributed by atoms with E-state index in [0.717, 1.165) is 4.90 Å². The molecule has 1 fully saturated rings. The maximum Gasteiger partial charge on any atom is 0.330 e. The van der Waals surface area contributed by atoms with Crippen LogP contribution in [0, 0.1) is 5.41 Å². The van der Waals surface area contributed by atoms with Crippen LogP contribution < -0.4 is 5.32 Å². The maximum atomic E-state index is 12.1. The predicted molar refractivity (Wildman–Crippen MR) is 58.5 cm³/mol. The van der Waals surface area contributed by atoms with Crippen LogP contribution in [0.4, 0.5) is 4.79 Å². The Kier molecular flexibility index (Phi) is 3.16. The topological polar surface area (TPSA) is 66.5 Å². The zero-order chi connectivity index (χ0) is 12.5. The minimum atomic E-state index is -1.22. The Hall–Kier alpha value is -1.65. The van der Waals surface area contributed by atoms with Gasteiger partial charge in [0.05, 0.1) is 0 Å². The van der Waals surface area contributed by atoms with Crippen LogP contribution in [-0.2, 0) is 9.59 Å². The summed E-state index contributed by atoms with van der Waals surface area (Å²) in [5.41, 5.74) is -0.561. The van der Waals surface area contributed by atoms with Crippen LogP contribution in [0.2, 0.25) is 0 Å². The third kappa shape index (κ3) is 1.43. The van der Waals surface area contributed by atoms with E-state index in [2.05, 4.69) is 5.32 Å². The molecule has 4 amide bonds. The molecule has 1 aliphatic rings. The molecule has 0 aromatic heterocycles. The van der Waals surface area contributed by atoms with Gasteiger partial charge in [0.25, 0.3) is 0 Å². The van der Waals surface area contributed by atoms with E-state index in [1.165, 1.54) is 7.05 Å². The fourth-order valence-electron chi connectivity index (χ4n) is 1.95. The second kappa shape index (κ2) is 4.08. The van der Waals surface area contributed by atoms with Crippen molar-refractivity contribution in [2.45, 2.75) is 27.2 Å². The molecule has 0 aliphatic carbocycles. The molecule has 5 nitrogen and oxygen atoms in total. The molecule has 1 N–H and O–H groups in total. The van der Waals surface area contributed by atoms with Crippen molar-refractivity contribution in [2.24, 2.45) is 5.41 Å². The van der Waals surface area contributed by atoms with E-state index in [0.29, 0.717) is 12.0 Å². The fraction of sp³-hybridized carbons (Fsp3) is 0.545. The zero-order valence-corrected chi connectivity index (χ0v) is 9.96. The number of amides is 4. The van der Waals surface area contributed by atoms with E-state index in [9.17, 15) is 14.4 Å². The second-order valence-electron chi connectivity index (χ2n) is 3.85. The number of barbiturate groups is 1. The van der Waals surface area contributed by atoms with Gasteiger partial charge in [0, 0.05) is 7.05 Å². The average Bonchev–Trinajstić information content (AvgIpc) is 2.27. The van der Waals surface area contributed by atoms with Gasteiger partial charge in [0.2, 0.25) is 11.8 Å². The molecule has 1 atom stereocenters. The number of rotatable bonds is 2. The highest BCUT2D eigenvalue weighted by atomic mass is 16.2. The first-order valence-electron chi connectivity index (χ1n) is 5.18. The van der Waals surface area contributed by atoms with Crippen LogP contribution >= 0.6 is 0 Å². The predicted octanol–water partition coefficient (Wildman–Crippen LogP) is 1.06. The minimum absolute atomic E-state index is 0.339. The summed E-state index contributed by atoms with van der Waals surface area (Å²) >= 11 is 0. The summed E-state index contributed by atoms with van der Waals surface area (Å²) in [4.78, 5) is 36.2. The normalized spacial score (nSPS) is 27.1. The summed E-state index contributed by atoms with van der Waals surface area (Å²) < 4.78 is 0. The standard InChI is InChI=1S/C11H16N2O3/c1-5-7(3)11(6-2)8(14)12-10(16)13(4)9(11)15/h5H,6H2,1-4H3,(H,12,14,16)/b7-5+/t11-/m0/s1. The summed E-state index contributed by atoms with van der Waals surface area (Å²) in [6.45, 7) is 5.25. The lowest BCUT2D eigenvalue weighted by Gasteiger charge is -2.37. The number of allylic oxidation sites excluding steroid dienone is 1. The minimum Gasteiger partial charge on any atom is -0.276 e. The van der Waals surface area contributed by atoms with Gasteiger partial charge in [-0.1, -0.05) is 18.6 Å². The Balaban J connectivity index is 3.33. The fourth-order valence-corrected chi connectivity index (χ4v) is 1.95. The maximum absolute atomic E-state index is 12.1. The van der Waals surface area contributed by atoms with Gasteiger partial charge in [-0.3, -0.25) is 19.8 Å². The van der Waals surface area contributed by atoms with E-state index in [4.69, 9.17) is 0 Å². The highest BCUT2D eigenvalue weighted by Crippen LogP contribution is 2.35. The SMILES string of the molecule is C/C=C(\C)[C@@]1(CC)C(=O)NC(=O)N(C)C1=O. The monoisotopic (exact) mass is 224 g/mol. The van der Waals surface area contributed by atoms with Crippen molar-refractivity contribution in [3.8, 4) is 0 Å². The average molecular weight is 224 g/mol. The van der Waals surface area contributed by atoms with Crippen molar-refractivity contribution in [1.29, 1.82) is 0 Å². The van der Waals surface area contributed by atoms with Gasteiger partial charge < -0.3 is 0 Å². The first-order valence-corrected chi connectivity index (χ1v) is 5.18. The number of carbonyl (C=O) groups is 3. The smallest absolute Gasteiger partial charge is 0.276 e. The van der Waals surface area contributed by atoms with Crippen molar-refractivity contribution in [1.82, 2.24) is 10.2 Å². The van der Waals surface area contributed by atoms with Crippen molar-refractivity contribution in [2.75, 3.05) is 7.05 Å². The quantitative estimate of drug-likeness (QED) is 0.563. The molecule has 0 aromatic carbocycles. The first-order chi connectivity index (χ1) is 7.41. The Morgan fingerprint density at radius 2 is 2.00 bits per heavy atom. The summed E-state index contributed by atoms with van der Waals surface area (Å²) in [6, 6.07) is -0.664. The molecular weight excluding hydrogens is 208 g/mol. The summed E-state index contributed by atoms with van der Waals surface area (Å²) in [6.07, 6.45) is 2.07. The molecule has 1 aliphatic heterocycles. The summed E-state index contributed by atoms with van der Waals surface area (Å²) in [5, 5.41) is 2.20. The van der Waals surface area contributed by atoms with Crippen molar-refractivity contribution in [3.63, 3.8) is 0 Å². The first kappa shape index (κ1) is 12.4. The lowest BCUT2D eigenvalue weighted by atomic mass is 9.75. The number of hydrogen-bond donors (Lipinski definition) is 1. The molecule has 0 saturated carbocycles. The van der Waals surface area contributed by atoms with Gasteiger partial charge in [-0.25, -0.2) is 4.79 Å². The number of hydrogen-bond acceptors (Lipinski definition) is 3. The van der Waals surface area contributed by atoms with Gasteiger partial charge in [-0.05, 0) is 20.3 Å². The Morgan fingerprint density at radius 1 is 1.44 bits per heavy atom. The molecule has 88 valence electrons. The van der Waals surface area contributed by atoms with Crippen molar-refractivity contribution < 1.29 is 14.4 Å². The van der Waals surface area contributed by atoms with Crippen molar-refractivity contribution >= 4 is 17.8 Å². The third-order valence-corrected chi connectivity index (χ3v) is 3.22. The Morgan fingerprint density at radius 3 is 2.44 bits per heavy atom. The number of urea groups is 1. The molecule has 1 rings (SSSR count). The molecule has 0 bridgehead atoms. The Labute approximate surface area is 94.5 Å². The van der Waals surface area contributed by atoms with Crippen LogP contribution in [0.3, 0.4) is 0 Å². The molecule has 1 saturated heterocycles. The van der Waals surface area contributed by atoms with Gasteiger partial charge in [-0.2, -0.15) is 0 Å². The molecular formula is C11H16N2O3. The van der Waals surface area contributed by atoms with E-state index in [1.54, 1.807) is 26.8 Å². The third-order valence-electron chi connectivity index (χ3n) is 3.22. The second-order valence-corrected chi connectivity index (χ2v) is 3.85. The van der Waals surface area contributed by atoms with Crippen LogP contribution in [0.1, 0.15) is 27.2 Å². The zero-order valence-electron chi connectivity index (χ0n) is 9.96. The lowest BCUT2D eigenvalue weighted by molar-refractivity contribution is -0.148. The van der Waals surface area contributed by atoms with Crippen LogP contribution in [0.25, 0.3) is 0 Å². The van der Waals surface area contributed by atoms with E-state index in [1.807, 2.05) is 0 Å². The van der Waals surface area contributed by atoms with E-state index in [-0.39, 0.29) is 0 Å². The highest BCUT2D eigenvalue weighted by Gasteiger charge is 2.52. The number of imide groups is 2. The van der Waals surface area contributed by atoms with Gasteiger partial charge in [0.15, 0.2) is 0 Å². The highest BCUT2D eigenvalue weighted by molar-refractivity contribution is 6.20. The molecule has 0 radical (unpaired) electrons. The number of nitrogens with one attached hydrogen (secondary N) is 1. The molecule has 16 heavy (non-hydrogen) atoms. The van der Waals surface area contributed by atoms with Crippen LogP contribution in [-0.4, -0.2) is 29.8 Å². The lowest BCUT2D eigenvalue weighted by Crippen LogP contribution is -2.62. The number of carbonyl (C=O) groups excluding carboxylic acids is 3. The molecule has 1 heterocycles. The number of nitrogens with zero attached hydrogens (tertiary/aromatic N) is 1. The van der Waals surface area contributed by atoms with Crippen LogP contribution in [0.5, 0.6) is 0 Å². The summed E-state index contributed by atoms with van der Waals surface area (Å²) in [5.74, 6) is -0.988. The van der Waals surface area contributed by atoms with Crippen LogP contribution in [0.15, 0.2) is 11.6 Å². The van der Waals surface area contributed by atoms with Gasteiger partial charge in [0.1, 0.15) is 5.41 Å². The molecule has 0 unspecified atom stereocenters. The van der Waals surface area contributed by atoms with E-state index >= 15 is 0 Å². The largest absolute Gasteiger partial charge is 0.330 e. The Bertz CT molecular complexity index is 387. The van der Waals surface area contributed by atoms with E-state index < -0.39 is 23.3 Å². The summed E-state index contributed by atoms with van der Waals surface area (Å²) in [7, 11) is 1.37.